The summed E-state index contributed by atoms with van der Waals surface area (Å²) in [5.41, 5.74) is 1.28. The summed E-state index contributed by atoms with van der Waals surface area (Å²) in [7, 11) is 1.59. The van der Waals surface area contributed by atoms with Gasteiger partial charge in [0, 0.05) is 11.6 Å². The molecule has 82 valence electrons. The fourth-order valence-electron chi connectivity index (χ4n) is 1.26. The molecule has 0 amide bonds. The maximum atomic E-state index is 8.71. The van der Waals surface area contributed by atoms with Gasteiger partial charge in [0.05, 0.1) is 19.4 Å². The van der Waals surface area contributed by atoms with E-state index in [0.717, 1.165) is 5.56 Å². The van der Waals surface area contributed by atoms with Crippen molar-refractivity contribution < 1.29 is 14.7 Å². The molecule has 15 heavy (non-hydrogen) atoms. The minimum Gasteiger partial charge on any atom is -0.497 e. The van der Waals surface area contributed by atoms with Crippen LogP contribution in [0.1, 0.15) is 19.4 Å². The van der Waals surface area contributed by atoms with Gasteiger partial charge in [0.15, 0.2) is 0 Å². The molecule has 4 heteroatoms. The van der Waals surface area contributed by atoms with Gasteiger partial charge in [0.2, 0.25) is 0 Å². The van der Waals surface area contributed by atoms with Crippen LogP contribution < -0.4 is 9.47 Å². The molecule has 0 fully saturated rings. The summed E-state index contributed by atoms with van der Waals surface area (Å²) in [6.45, 7) is 4.16. The predicted molar refractivity (Wildman–Crippen MR) is 58.2 cm³/mol. The average Bonchev–Trinajstić information content (AvgIpc) is 2.28. The van der Waals surface area contributed by atoms with Crippen LogP contribution in [0, 0.1) is 0 Å². The second-order valence-corrected chi connectivity index (χ2v) is 2.98. The third kappa shape index (κ3) is 2.62. The van der Waals surface area contributed by atoms with Crippen LogP contribution in [0.15, 0.2) is 23.4 Å². The van der Waals surface area contributed by atoms with E-state index in [-0.39, 0.29) is 0 Å². The molecule has 0 bridgehead atoms. The van der Waals surface area contributed by atoms with Crippen LogP contribution in [-0.2, 0) is 0 Å². The van der Waals surface area contributed by atoms with E-state index in [4.69, 9.17) is 14.7 Å². The van der Waals surface area contributed by atoms with Crippen molar-refractivity contribution in [1.29, 1.82) is 0 Å². The Morgan fingerprint density at radius 1 is 1.47 bits per heavy atom. The lowest BCUT2D eigenvalue weighted by Gasteiger charge is -2.10. The fourth-order valence-corrected chi connectivity index (χ4v) is 1.26. The van der Waals surface area contributed by atoms with Gasteiger partial charge in [-0.25, -0.2) is 0 Å². The Morgan fingerprint density at radius 3 is 2.73 bits per heavy atom. The highest BCUT2D eigenvalue weighted by molar-refractivity contribution is 6.00. The van der Waals surface area contributed by atoms with E-state index in [9.17, 15) is 0 Å². The third-order valence-corrected chi connectivity index (χ3v) is 2.03. The maximum absolute atomic E-state index is 8.71. The molecule has 4 nitrogen and oxygen atoms in total. The molecule has 0 atom stereocenters. The summed E-state index contributed by atoms with van der Waals surface area (Å²) in [6.07, 6.45) is 0. The number of benzene rings is 1. The maximum Gasteiger partial charge on any atom is 0.132 e. The lowest BCUT2D eigenvalue weighted by molar-refractivity contribution is 0.317. The Bertz CT molecular complexity index is 361. The van der Waals surface area contributed by atoms with Crippen LogP contribution in [-0.4, -0.2) is 24.6 Å². The van der Waals surface area contributed by atoms with Gasteiger partial charge in [-0.3, -0.25) is 0 Å². The van der Waals surface area contributed by atoms with Gasteiger partial charge in [-0.15, -0.1) is 0 Å². The topological polar surface area (TPSA) is 51.0 Å². The predicted octanol–water partition coefficient (Wildman–Crippen LogP) is 2.29. The minimum atomic E-state index is 0.515. The summed E-state index contributed by atoms with van der Waals surface area (Å²) in [4.78, 5) is 0. The van der Waals surface area contributed by atoms with Crippen molar-refractivity contribution in [2.24, 2.45) is 5.16 Å². The quantitative estimate of drug-likeness (QED) is 0.470. The first kappa shape index (κ1) is 11.4. The molecule has 0 saturated heterocycles. The molecule has 0 radical (unpaired) electrons. The fraction of sp³-hybridized carbons (Fsp3) is 0.364. The molecular formula is C11H15NO3. The molecule has 0 spiro atoms. The largest absolute Gasteiger partial charge is 0.497 e. The first-order valence-electron chi connectivity index (χ1n) is 4.72. The number of rotatable bonds is 4. The molecule has 1 aromatic carbocycles. The SMILES string of the molecule is CCOc1cc(OC)ccc1/C(C)=N/O. The van der Waals surface area contributed by atoms with Gasteiger partial charge >= 0.3 is 0 Å². The molecule has 0 aliphatic carbocycles. The van der Waals surface area contributed by atoms with E-state index in [1.54, 1.807) is 32.2 Å². The Labute approximate surface area is 89.1 Å². The smallest absolute Gasteiger partial charge is 0.132 e. The first-order valence-corrected chi connectivity index (χ1v) is 4.72. The number of hydrogen-bond acceptors (Lipinski definition) is 4. The van der Waals surface area contributed by atoms with E-state index in [1.807, 2.05) is 6.92 Å². The summed E-state index contributed by atoms with van der Waals surface area (Å²) in [5, 5.41) is 11.9. The Balaban J connectivity index is 3.14. The lowest BCUT2D eigenvalue weighted by Crippen LogP contribution is -2.02. The van der Waals surface area contributed by atoms with Gasteiger partial charge < -0.3 is 14.7 Å². The van der Waals surface area contributed by atoms with Crippen LogP contribution >= 0.6 is 0 Å². The molecule has 0 aliphatic heterocycles. The molecule has 0 aromatic heterocycles. The Kier molecular flexibility index (Phi) is 3.97. The molecule has 0 unspecified atom stereocenters. The minimum absolute atomic E-state index is 0.515. The van der Waals surface area contributed by atoms with Crippen LogP contribution in [0.2, 0.25) is 0 Å². The zero-order valence-corrected chi connectivity index (χ0v) is 9.15. The number of ether oxygens (including phenoxy) is 2. The van der Waals surface area contributed by atoms with Crippen molar-refractivity contribution in [2.75, 3.05) is 13.7 Å². The van der Waals surface area contributed by atoms with Crippen molar-refractivity contribution in [1.82, 2.24) is 0 Å². The van der Waals surface area contributed by atoms with E-state index in [2.05, 4.69) is 5.16 Å². The number of hydrogen-bond donors (Lipinski definition) is 1. The highest BCUT2D eigenvalue weighted by Crippen LogP contribution is 2.25. The molecule has 0 saturated carbocycles. The van der Waals surface area contributed by atoms with Crippen LogP contribution in [0.4, 0.5) is 0 Å². The van der Waals surface area contributed by atoms with E-state index in [1.165, 1.54) is 0 Å². The number of methoxy groups -OCH3 is 1. The van der Waals surface area contributed by atoms with Gasteiger partial charge in [-0.2, -0.15) is 0 Å². The average molecular weight is 209 g/mol. The highest BCUT2D eigenvalue weighted by Gasteiger charge is 2.08. The van der Waals surface area contributed by atoms with Crippen molar-refractivity contribution in [2.45, 2.75) is 13.8 Å². The van der Waals surface area contributed by atoms with Crippen molar-refractivity contribution in [3.8, 4) is 11.5 Å². The van der Waals surface area contributed by atoms with Crippen LogP contribution in [0.25, 0.3) is 0 Å². The van der Waals surface area contributed by atoms with E-state index < -0.39 is 0 Å². The number of oxime groups is 1. The Hall–Kier alpha value is -1.71. The molecule has 0 aliphatic rings. The van der Waals surface area contributed by atoms with E-state index in [0.29, 0.717) is 23.8 Å². The van der Waals surface area contributed by atoms with Gasteiger partial charge in [0.25, 0.3) is 0 Å². The summed E-state index contributed by atoms with van der Waals surface area (Å²) in [5.74, 6) is 1.38. The molecule has 1 aromatic rings. The second-order valence-electron chi connectivity index (χ2n) is 2.98. The standard InChI is InChI=1S/C11H15NO3/c1-4-15-11-7-9(14-3)5-6-10(11)8(2)12-13/h5-7,13H,4H2,1-3H3/b12-8+. The van der Waals surface area contributed by atoms with Crippen LogP contribution in [0.3, 0.4) is 0 Å². The normalized spacial score (nSPS) is 11.3. The van der Waals surface area contributed by atoms with Crippen molar-refractivity contribution >= 4 is 5.71 Å². The second kappa shape index (κ2) is 5.24. The van der Waals surface area contributed by atoms with Gasteiger partial charge in [-0.05, 0) is 26.0 Å². The summed E-state index contributed by atoms with van der Waals surface area (Å²) >= 11 is 0. The summed E-state index contributed by atoms with van der Waals surface area (Å²) < 4.78 is 10.5. The molecular weight excluding hydrogens is 194 g/mol. The monoisotopic (exact) mass is 209 g/mol. The highest BCUT2D eigenvalue weighted by atomic mass is 16.5. The third-order valence-electron chi connectivity index (χ3n) is 2.03. The van der Waals surface area contributed by atoms with E-state index >= 15 is 0 Å². The van der Waals surface area contributed by atoms with Crippen molar-refractivity contribution in [3.05, 3.63) is 23.8 Å². The zero-order valence-electron chi connectivity index (χ0n) is 9.15. The molecule has 1 rings (SSSR count). The molecule has 1 N–H and O–H groups in total. The zero-order chi connectivity index (χ0) is 11.3. The first-order chi connectivity index (χ1) is 7.22. The Morgan fingerprint density at radius 2 is 2.20 bits per heavy atom. The van der Waals surface area contributed by atoms with Crippen LogP contribution in [0.5, 0.6) is 11.5 Å². The van der Waals surface area contributed by atoms with Gasteiger partial charge in [-0.1, -0.05) is 5.16 Å². The lowest BCUT2D eigenvalue weighted by atomic mass is 10.1. The number of nitrogens with zero attached hydrogens (tertiary/aromatic N) is 1. The molecule has 0 heterocycles. The van der Waals surface area contributed by atoms with Gasteiger partial charge in [0.1, 0.15) is 11.5 Å². The van der Waals surface area contributed by atoms with Crippen molar-refractivity contribution in [3.63, 3.8) is 0 Å². The summed E-state index contributed by atoms with van der Waals surface area (Å²) in [6, 6.07) is 5.37.